The molecule has 3 aromatic rings. The maximum atomic E-state index is 12.6. The van der Waals surface area contributed by atoms with Crippen molar-refractivity contribution in [2.75, 3.05) is 0 Å². The number of hydrogen-bond acceptors (Lipinski definition) is 3. The topological polar surface area (TPSA) is 64.7 Å². The van der Waals surface area contributed by atoms with E-state index in [1.165, 1.54) is 0 Å². The summed E-state index contributed by atoms with van der Waals surface area (Å²) in [7, 11) is 3.79. The lowest BCUT2D eigenvalue weighted by Crippen LogP contribution is -2.43. The van der Waals surface area contributed by atoms with E-state index in [0.29, 0.717) is 5.56 Å². The number of carbonyl (C=O) groups excluding carboxylic acids is 1. The largest absolute Gasteiger partial charge is 0.340 e. The number of hydrogen-bond donors (Lipinski definition) is 1. The molecule has 0 fully saturated rings. The summed E-state index contributed by atoms with van der Waals surface area (Å²) in [6.45, 7) is 5.79. The number of carbonyl (C=O) groups is 1. The van der Waals surface area contributed by atoms with Gasteiger partial charge in [0.25, 0.3) is 5.91 Å². The SMILES string of the molecule is Cc1c(C(=O)NC(C)(C)c2nc3ccccc3n2C)cnn1C. The molecule has 1 aromatic carbocycles. The summed E-state index contributed by atoms with van der Waals surface area (Å²) >= 11 is 0. The third kappa shape index (κ3) is 2.50. The lowest BCUT2D eigenvalue weighted by Gasteiger charge is -2.25. The van der Waals surface area contributed by atoms with Crippen molar-refractivity contribution in [3.8, 4) is 0 Å². The van der Waals surface area contributed by atoms with Crippen molar-refractivity contribution in [3.05, 3.63) is 47.5 Å². The Morgan fingerprint density at radius 1 is 1.22 bits per heavy atom. The van der Waals surface area contributed by atoms with Gasteiger partial charge < -0.3 is 9.88 Å². The quantitative estimate of drug-likeness (QED) is 0.807. The molecule has 0 aliphatic heterocycles. The number of benzene rings is 1. The first-order valence-electron chi connectivity index (χ1n) is 7.54. The van der Waals surface area contributed by atoms with Crippen molar-refractivity contribution in [1.29, 1.82) is 0 Å². The van der Waals surface area contributed by atoms with Crippen molar-refractivity contribution in [2.45, 2.75) is 26.3 Å². The van der Waals surface area contributed by atoms with Crippen LogP contribution in [0.4, 0.5) is 0 Å². The van der Waals surface area contributed by atoms with E-state index in [9.17, 15) is 4.79 Å². The predicted molar refractivity (Wildman–Crippen MR) is 89.2 cm³/mol. The van der Waals surface area contributed by atoms with Gasteiger partial charge in [-0.3, -0.25) is 9.48 Å². The molecule has 6 heteroatoms. The van der Waals surface area contributed by atoms with Crippen LogP contribution in [-0.2, 0) is 19.6 Å². The molecule has 2 aromatic heterocycles. The van der Waals surface area contributed by atoms with E-state index in [-0.39, 0.29) is 5.91 Å². The normalized spacial score (nSPS) is 11.9. The lowest BCUT2D eigenvalue weighted by molar-refractivity contribution is 0.0906. The van der Waals surface area contributed by atoms with Crippen LogP contribution in [0, 0.1) is 6.92 Å². The molecule has 23 heavy (non-hydrogen) atoms. The summed E-state index contributed by atoms with van der Waals surface area (Å²) < 4.78 is 3.71. The van der Waals surface area contributed by atoms with Crippen LogP contribution in [0.15, 0.2) is 30.5 Å². The Bertz CT molecular complexity index is 888. The zero-order valence-corrected chi connectivity index (χ0v) is 14.1. The summed E-state index contributed by atoms with van der Waals surface area (Å²) in [6, 6.07) is 7.94. The minimum Gasteiger partial charge on any atom is -0.340 e. The minimum atomic E-state index is -0.604. The molecule has 0 saturated carbocycles. The van der Waals surface area contributed by atoms with Crippen molar-refractivity contribution in [1.82, 2.24) is 24.6 Å². The highest BCUT2D eigenvalue weighted by atomic mass is 16.1. The zero-order valence-electron chi connectivity index (χ0n) is 14.1. The van der Waals surface area contributed by atoms with Crippen LogP contribution >= 0.6 is 0 Å². The van der Waals surface area contributed by atoms with Crippen LogP contribution in [0.1, 0.15) is 35.7 Å². The smallest absolute Gasteiger partial charge is 0.255 e. The molecule has 0 aliphatic rings. The lowest BCUT2D eigenvalue weighted by atomic mass is 10.0. The standard InChI is InChI=1S/C17H21N5O/c1-11-12(10-18-22(11)5)15(23)20-17(2,3)16-19-13-8-6-7-9-14(13)21(16)4/h6-10H,1-5H3,(H,20,23). The molecule has 0 spiro atoms. The van der Waals surface area contributed by atoms with Crippen molar-refractivity contribution < 1.29 is 4.79 Å². The van der Waals surface area contributed by atoms with Crippen molar-refractivity contribution >= 4 is 16.9 Å². The molecule has 2 heterocycles. The summed E-state index contributed by atoms with van der Waals surface area (Å²) in [6.07, 6.45) is 1.59. The van der Waals surface area contributed by atoms with Crippen LogP contribution in [0.25, 0.3) is 11.0 Å². The summed E-state index contributed by atoms with van der Waals surface area (Å²) in [5, 5.41) is 7.20. The first kappa shape index (κ1) is 15.3. The van der Waals surface area contributed by atoms with Gasteiger partial charge in [-0.15, -0.1) is 0 Å². The van der Waals surface area contributed by atoms with Crippen LogP contribution < -0.4 is 5.32 Å². The third-order valence-corrected chi connectivity index (χ3v) is 4.25. The Morgan fingerprint density at radius 2 is 1.91 bits per heavy atom. The monoisotopic (exact) mass is 311 g/mol. The van der Waals surface area contributed by atoms with Gasteiger partial charge >= 0.3 is 0 Å². The van der Waals surface area contributed by atoms with E-state index in [4.69, 9.17) is 0 Å². The Hall–Kier alpha value is -2.63. The molecular weight excluding hydrogens is 290 g/mol. The van der Waals surface area contributed by atoms with E-state index >= 15 is 0 Å². The molecule has 120 valence electrons. The van der Waals surface area contributed by atoms with E-state index in [0.717, 1.165) is 22.6 Å². The number of nitrogens with one attached hydrogen (secondary N) is 1. The molecule has 6 nitrogen and oxygen atoms in total. The van der Waals surface area contributed by atoms with Gasteiger partial charge in [-0.05, 0) is 32.9 Å². The molecule has 0 aliphatic carbocycles. The van der Waals surface area contributed by atoms with E-state index in [1.807, 2.05) is 63.7 Å². The maximum Gasteiger partial charge on any atom is 0.255 e. The third-order valence-electron chi connectivity index (χ3n) is 4.25. The number of imidazole rings is 1. The second-order valence-electron chi connectivity index (χ2n) is 6.33. The number of rotatable bonds is 3. The van der Waals surface area contributed by atoms with Gasteiger partial charge in [0.2, 0.25) is 0 Å². The molecule has 0 atom stereocenters. The molecule has 1 amide bonds. The van der Waals surface area contributed by atoms with E-state index in [1.54, 1.807) is 10.9 Å². The molecule has 0 unspecified atom stereocenters. The number of fused-ring (bicyclic) bond motifs is 1. The van der Waals surface area contributed by atoms with E-state index in [2.05, 4.69) is 15.4 Å². The fraction of sp³-hybridized carbons (Fsp3) is 0.353. The first-order chi connectivity index (χ1) is 10.8. The number of nitrogens with zero attached hydrogens (tertiary/aromatic N) is 4. The Morgan fingerprint density at radius 3 is 2.52 bits per heavy atom. The molecule has 3 rings (SSSR count). The average Bonchev–Trinajstić information content (AvgIpc) is 3.01. The molecule has 0 saturated heterocycles. The Balaban J connectivity index is 1.95. The van der Waals surface area contributed by atoms with Gasteiger partial charge in [0, 0.05) is 19.8 Å². The Kier molecular flexibility index (Phi) is 3.47. The zero-order chi connectivity index (χ0) is 16.8. The van der Waals surface area contributed by atoms with Gasteiger partial charge in [-0.2, -0.15) is 5.10 Å². The molecule has 1 N–H and O–H groups in total. The second kappa shape index (κ2) is 5.22. The summed E-state index contributed by atoms with van der Waals surface area (Å²) in [5.41, 5.74) is 2.78. The van der Waals surface area contributed by atoms with Gasteiger partial charge in [0.1, 0.15) is 5.82 Å². The van der Waals surface area contributed by atoms with Crippen molar-refractivity contribution in [3.63, 3.8) is 0 Å². The summed E-state index contributed by atoms with van der Waals surface area (Å²) in [4.78, 5) is 17.3. The van der Waals surface area contributed by atoms with E-state index < -0.39 is 5.54 Å². The number of amides is 1. The average molecular weight is 311 g/mol. The van der Waals surface area contributed by atoms with Crippen LogP contribution in [0.3, 0.4) is 0 Å². The predicted octanol–water partition coefficient (Wildman–Crippen LogP) is 2.28. The fourth-order valence-electron chi connectivity index (χ4n) is 2.83. The van der Waals surface area contributed by atoms with Gasteiger partial charge in [0.05, 0.1) is 28.3 Å². The summed E-state index contributed by atoms with van der Waals surface area (Å²) in [5.74, 6) is 0.668. The highest BCUT2D eigenvalue weighted by Crippen LogP contribution is 2.24. The maximum absolute atomic E-state index is 12.6. The fourth-order valence-corrected chi connectivity index (χ4v) is 2.83. The molecule has 0 bridgehead atoms. The van der Waals surface area contributed by atoms with Gasteiger partial charge in [0.15, 0.2) is 0 Å². The Labute approximate surface area is 135 Å². The van der Waals surface area contributed by atoms with Crippen molar-refractivity contribution in [2.24, 2.45) is 14.1 Å². The number of para-hydroxylation sites is 2. The highest BCUT2D eigenvalue weighted by molar-refractivity contribution is 5.95. The number of aromatic nitrogens is 4. The van der Waals surface area contributed by atoms with Crippen LogP contribution in [0.2, 0.25) is 0 Å². The van der Waals surface area contributed by atoms with Gasteiger partial charge in [-0.1, -0.05) is 12.1 Å². The molecule has 0 radical (unpaired) electrons. The molecular formula is C17H21N5O. The number of aryl methyl sites for hydroxylation is 2. The van der Waals surface area contributed by atoms with Crippen LogP contribution in [0.5, 0.6) is 0 Å². The second-order valence-corrected chi connectivity index (χ2v) is 6.33. The van der Waals surface area contributed by atoms with Gasteiger partial charge in [-0.25, -0.2) is 4.98 Å². The van der Waals surface area contributed by atoms with Crippen LogP contribution in [-0.4, -0.2) is 25.2 Å². The highest BCUT2D eigenvalue weighted by Gasteiger charge is 2.29. The minimum absolute atomic E-state index is 0.146. The first-order valence-corrected chi connectivity index (χ1v) is 7.54.